The molecule has 0 amide bonds. The number of nitrogens with zero attached hydrogens (tertiary/aromatic N) is 2. The molecule has 100 valence electrons. The van der Waals surface area contributed by atoms with Gasteiger partial charge in [0, 0.05) is 49.9 Å². The third kappa shape index (κ3) is 3.56. The number of hydrogen-bond donors (Lipinski definition) is 2. The highest BCUT2D eigenvalue weighted by Gasteiger charge is 2.15. The molecule has 1 aliphatic rings. The van der Waals surface area contributed by atoms with Crippen molar-refractivity contribution in [2.24, 2.45) is 0 Å². The Kier molecular flexibility index (Phi) is 5.20. The lowest BCUT2D eigenvalue weighted by Gasteiger charge is -2.35. The maximum absolute atomic E-state index is 4.20. The van der Waals surface area contributed by atoms with E-state index in [0.29, 0.717) is 0 Å². The smallest absolute Gasteiger partial charge is 0.0368 e. The van der Waals surface area contributed by atoms with Crippen LogP contribution in [0.3, 0.4) is 0 Å². The van der Waals surface area contributed by atoms with E-state index < -0.39 is 0 Å². The molecule has 0 unspecified atom stereocenters. The average Bonchev–Trinajstić information content (AvgIpc) is 2.46. The van der Waals surface area contributed by atoms with Crippen LogP contribution in [0.2, 0.25) is 0 Å². The fraction of sp³-hybridized carbons (Fsp3) is 0.571. The van der Waals surface area contributed by atoms with E-state index in [1.807, 2.05) is 0 Å². The molecule has 4 heteroatoms. The van der Waals surface area contributed by atoms with Gasteiger partial charge in [0.1, 0.15) is 0 Å². The van der Waals surface area contributed by atoms with E-state index in [1.165, 1.54) is 31.0 Å². The minimum absolute atomic E-state index is 0.862. The Morgan fingerprint density at radius 3 is 2.33 bits per heavy atom. The van der Waals surface area contributed by atoms with Crippen LogP contribution in [0.1, 0.15) is 6.92 Å². The summed E-state index contributed by atoms with van der Waals surface area (Å²) in [6, 6.07) is 8.74. The van der Waals surface area contributed by atoms with E-state index in [0.717, 1.165) is 25.4 Å². The van der Waals surface area contributed by atoms with Gasteiger partial charge in [-0.15, -0.1) is 0 Å². The lowest BCUT2D eigenvalue weighted by atomic mass is 10.2. The van der Waals surface area contributed by atoms with E-state index in [9.17, 15) is 0 Å². The largest absolute Gasteiger partial charge is 0.384 e. The van der Waals surface area contributed by atoms with Gasteiger partial charge in [0.15, 0.2) is 0 Å². The van der Waals surface area contributed by atoms with Gasteiger partial charge < -0.3 is 15.1 Å². The van der Waals surface area contributed by atoms with E-state index in [1.54, 1.807) is 0 Å². The Balaban J connectivity index is 1.89. The molecule has 18 heavy (non-hydrogen) atoms. The fourth-order valence-electron chi connectivity index (χ4n) is 2.31. The second kappa shape index (κ2) is 6.90. The highest BCUT2D eigenvalue weighted by atomic mass is 32.1. The molecule has 0 aromatic heterocycles. The first-order chi connectivity index (χ1) is 8.83. The molecule has 0 saturated carbocycles. The number of likely N-dealkylation sites (N-methyl/N-ethyl adjacent to an activating group) is 1. The molecule has 1 N–H and O–H groups in total. The second-order valence-corrected chi connectivity index (χ2v) is 5.07. The summed E-state index contributed by atoms with van der Waals surface area (Å²) in [5.41, 5.74) is 2.52. The summed E-state index contributed by atoms with van der Waals surface area (Å²) < 4.78 is 0. The molecular formula is C14H23N3S. The molecule has 1 aromatic carbocycles. The summed E-state index contributed by atoms with van der Waals surface area (Å²) in [6.07, 6.45) is 0. The van der Waals surface area contributed by atoms with Crippen molar-refractivity contribution in [1.82, 2.24) is 4.90 Å². The average molecular weight is 265 g/mol. The minimum atomic E-state index is 0.862. The summed E-state index contributed by atoms with van der Waals surface area (Å²) >= 11 is 4.20. The van der Waals surface area contributed by atoms with Crippen molar-refractivity contribution in [3.63, 3.8) is 0 Å². The van der Waals surface area contributed by atoms with E-state index in [4.69, 9.17) is 0 Å². The number of benzene rings is 1. The SMILES string of the molecule is CCN1CCN(c2ccc(NCCS)cc2)CC1. The Hall–Kier alpha value is -0.870. The number of rotatable bonds is 5. The number of anilines is 2. The first kappa shape index (κ1) is 13.6. The zero-order valence-electron chi connectivity index (χ0n) is 11.1. The monoisotopic (exact) mass is 265 g/mol. The van der Waals surface area contributed by atoms with Crippen molar-refractivity contribution in [3.8, 4) is 0 Å². The topological polar surface area (TPSA) is 18.5 Å². The first-order valence-corrected chi connectivity index (χ1v) is 7.39. The van der Waals surface area contributed by atoms with Crippen LogP contribution in [0.25, 0.3) is 0 Å². The van der Waals surface area contributed by atoms with E-state index >= 15 is 0 Å². The molecule has 0 spiro atoms. The van der Waals surface area contributed by atoms with Crippen LogP contribution in [0.4, 0.5) is 11.4 Å². The molecule has 3 nitrogen and oxygen atoms in total. The zero-order chi connectivity index (χ0) is 12.8. The fourth-order valence-corrected chi connectivity index (χ4v) is 2.42. The predicted octanol–water partition coefficient (Wildman–Crippen LogP) is 2.17. The van der Waals surface area contributed by atoms with Crippen molar-refractivity contribution < 1.29 is 0 Å². The molecule has 0 bridgehead atoms. The molecule has 1 aromatic rings. The summed E-state index contributed by atoms with van der Waals surface area (Å²) in [7, 11) is 0. The van der Waals surface area contributed by atoms with Crippen LogP contribution in [0.15, 0.2) is 24.3 Å². The highest BCUT2D eigenvalue weighted by molar-refractivity contribution is 7.80. The third-order valence-corrected chi connectivity index (χ3v) is 3.72. The molecule has 1 heterocycles. The van der Waals surface area contributed by atoms with Crippen molar-refractivity contribution in [2.45, 2.75) is 6.92 Å². The lowest BCUT2D eigenvalue weighted by Crippen LogP contribution is -2.46. The zero-order valence-corrected chi connectivity index (χ0v) is 12.0. The standard InChI is InChI=1S/C14H23N3S/c1-2-16-8-10-17(11-9-16)14-5-3-13(4-6-14)15-7-12-18/h3-6,15,18H,2,7-12H2,1H3. The van der Waals surface area contributed by atoms with Crippen molar-refractivity contribution in [2.75, 3.05) is 55.2 Å². The number of thiol groups is 1. The van der Waals surface area contributed by atoms with Gasteiger partial charge in [-0.3, -0.25) is 0 Å². The van der Waals surface area contributed by atoms with Gasteiger partial charge in [-0.2, -0.15) is 12.6 Å². The predicted molar refractivity (Wildman–Crippen MR) is 83.1 cm³/mol. The summed E-state index contributed by atoms with van der Waals surface area (Å²) in [5, 5.41) is 3.34. The molecule has 0 atom stereocenters. The van der Waals surface area contributed by atoms with Crippen LogP contribution in [-0.2, 0) is 0 Å². The van der Waals surface area contributed by atoms with Crippen LogP contribution in [0.5, 0.6) is 0 Å². The summed E-state index contributed by atoms with van der Waals surface area (Å²) in [4.78, 5) is 4.97. The summed E-state index contributed by atoms with van der Waals surface area (Å²) in [5.74, 6) is 0.862. The van der Waals surface area contributed by atoms with E-state index in [2.05, 4.69) is 58.9 Å². The van der Waals surface area contributed by atoms with Crippen LogP contribution < -0.4 is 10.2 Å². The quantitative estimate of drug-likeness (QED) is 0.796. The van der Waals surface area contributed by atoms with Crippen molar-refractivity contribution >= 4 is 24.0 Å². The second-order valence-electron chi connectivity index (χ2n) is 4.62. The molecule has 1 saturated heterocycles. The molecule has 0 radical (unpaired) electrons. The molecule has 1 aliphatic heterocycles. The van der Waals surface area contributed by atoms with Crippen molar-refractivity contribution in [3.05, 3.63) is 24.3 Å². The minimum Gasteiger partial charge on any atom is -0.384 e. The Morgan fingerprint density at radius 1 is 1.11 bits per heavy atom. The normalized spacial score (nSPS) is 16.9. The number of piperazine rings is 1. The molecular weight excluding hydrogens is 242 g/mol. The van der Waals surface area contributed by atoms with Gasteiger partial charge in [0.05, 0.1) is 0 Å². The lowest BCUT2D eigenvalue weighted by molar-refractivity contribution is 0.271. The van der Waals surface area contributed by atoms with Crippen LogP contribution in [0, 0.1) is 0 Å². The van der Waals surface area contributed by atoms with Gasteiger partial charge in [-0.1, -0.05) is 6.92 Å². The van der Waals surface area contributed by atoms with Gasteiger partial charge >= 0.3 is 0 Å². The molecule has 0 aliphatic carbocycles. The number of nitrogens with one attached hydrogen (secondary N) is 1. The Bertz CT molecular complexity index is 345. The van der Waals surface area contributed by atoms with Crippen molar-refractivity contribution in [1.29, 1.82) is 0 Å². The first-order valence-electron chi connectivity index (χ1n) is 6.75. The summed E-state index contributed by atoms with van der Waals surface area (Å²) in [6.45, 7) is 8.94. The Morgan fingerprint density at radius 2 is 1.78 bits per heavy atom. The van der Waals surface area contributed by atoms with Crippen LogP contribution >= 0.6 is 12.6 Å². The molecule has 2 rings (SSSR count). The van der Waals surface area contributed by atoms with Gasteiger partial charge in [0.2, 0.25) is 0 Å². The van der Waals surface area contributed by atoms with Gasteiger partial charge in [-0.05, 0) is 30.8 Å². The highest BCUT2D eigenvalue weighted by Crippen LogP contribution is 2.19. The van der Waals surface area contributed by atoms with E-state index in [-0.39, 0.29) is 0 Å². The maximum Gasteiger partial charge on any atom is 0.0368 e. The van der Waals surface area contributed by atoms with Gasteiger partial charge in [0.25, 0.3) is 0 Å². The van der Waals surface area contributed by atoms with Gasteiger partial charge in [-0.25, -0.2) is 0 Å². The van der Waals surface area contributed by atoms with Crippen LogP contribution in [-0.4, -0.2) is 49.9 Å². The Labute approximate surface area is 116 Å². The maximum atomic E-state index is 4.20. The molecule has 1 fully saturated rings. The third-order valence-electron chi connectivity index (χ3n) is 3.49. The number of hydrogen-bond acceptors (Lipinski definition) is 4.